The molecule has 0 saturated carbocycles. The van der Waals surface area contributed by atoms with Crippen molar-refractivity contribution in [1.29, 1.82) is 0 Å². The lowest BCUT2D eigenvalue weighted by atomic mass is 10.0. The van der Waals surface area contributed by atoms with E-state index in [2.05, 4.69) is 34.0 Å². The molecule has 104 valence electrons. The van der Waals surface area contributed by atoms with Crippen molar-refractivity contribution in [2.24, 2.45) is 0 Å². The average molecular weight is 288 g/mol. The van der Waals surface area contributed by atoms with Crippen molar-refractivity contribution >= 4 is 34.3 Å². The molecule has 3 N–H and O–H groups in total. The smallest absolute Gasteiger partial charge is 0.223 e. The molecular weight excluding hydrogens is 270 g/mol. The number of thiocarbonyl (C=S) groups is 1. The summed E-state index contributed by atoms with van der Waals surface area (Å²) in [6.45, 7) is 2.60. The number of rotatable bonds is 4. The Hall–Kier alpha value is -2.14. The molecule has 0 aliphatic heterocycles. The van der Waals surface area contributed by atoms with Gasteiger partial charge in [0, 0.05) is 7.05 Å². The lowest BCUT2D eigenvalue weighted by Crippen LogP contribution is -2.82. The van der Waals surface area contributed by atoms with Crippen LogP contribution in [0.1, 0.15) is 12.5 Å². The zero-order chi connectivity index (χ0) is 14.4. The normalized spacial score (nSPS) is 10.7. The highest BCUT2D eigenvalue weighted by molar-refractivity contribution is 7.80. The molecule has 20 heavy (non-hydrogen) atoms. The summed E-state index contributed by atoms with van der Waals surface area (Å²) in [5.74, 6) is 0.843. The van der Waals surface area contributed by atoms with Crippen LogP contribution in [0.2, 0.25) is 0 Å². The van der Waals surface area contributed by atoms with Crippen molar-refractivity contribution < 1.29 is 9.84 Å². The number of hydrogen-bond acceptors (Lipinski definition) is 2. The summed E-state index contributed by atoms with van der Waals surface area (Å²) in [4.78, 5) is 0. The third-order valence-electron chi connectivity index (χ3n) is 2.86. The molecule has 0 bridgehead atoms. The molecule has 0 atom stereocenters. The van der Waals surface area contributed by atoms with Crippen LogP contribution in [-0.4, -0.2) is 25.0 Å². The highest BCUT2D eigenvalue weighted by Gasteiger charge is 2.09. The lowest BCUT2D eigenvalue weighted by Gasteiger charge is -2.08. The lowest BCUT2D eigenvalue weighted by molar-refractivity contribution is -0.500. The van der Waals surface area contributed by atoms with Gasteiger partial charge < -0.3 is 10.1 Å². The Kier molecular flexibility index (Phi) is 4.90. The molecule has 0 heterocycles. The number of nitrogens with one attached hydrogen (secondary N) is 3. The Morgan fingerprint density at radius 1 is 1.30 bits per heavy atom. The molecule has 0 saturated heterocycles. The summed E-state index contributed by atoms with van der Waals surface area (Å²) in [6, 6.07) is 12.2. The van der Waals surface area contributed by atoms with Gasteiger partial charge in [0.2, 0.25) is 11.3 Å². The summed E-state index contributed by atoms with van der Waals surface area (Å²) in [5, 5.41) is 8.64. The van der Waals surface area contributed by atoms with Crippen molar-refractivity contribution in [2.75, 3.05) is 13.7 Å². The van der Waals surface area contributed by atoms with Gasteiger partial charge in [-0.1, -0.05) is 30.3 Å². The average Bonchev–Trinajstić information content (AvgIpc) is 2.49. The molecule has 0 amide bonds. The molecule has 0 spiro atoms. The maximum atomic E-state index is 5.68. The molecule has 2 aromatic rings. The highest BCUT2D eigenvalue weighted by Crippen LogP contribution is 2.25. The van der Waals surface area contributed by atoms with Crippen LogP contribution in [0.4, 0.5) is 0 Å². The van der Waals surface area contributed by atoms with Crippen LogP contribution in [-0.2, 0) is 0 Å². The number of ether oxygens (including phenoxy) is 1. The van der Waals surface area contributed by atoms with Gasteiger partial charge in [-0.15, -0.1) is 10.5 Å². The predicted molar refractivity (Wildman–Crippen MR) is 86.0 cm³/mol. The number of hydrazine groups is 1. The molecule has 2 rings (SSSR count). The van der Waals surface area contributed by atoms with Gasteiger partial charge in [0.05, 0.1) is 12.2 Å². The number of benzene rings is 2. The van der Waals surface area contributed by atoms with Gasteiger partial charge in [-0.05, 0) is 36.0 Å². The first-order valence-corrected chi connectivity index (χ1v) is 6.88. The molecule has 2 aromatic carbocycles. The maximum absolute atomic E-state index is 5.68. The Balaban J connectivity index is 2.41. The van der Waals surface area contributed by atoms with Gasteiger partial charge in [-0.2, -0.15) is 0 Å². The van der Waals surface area contributed by atoms with Gasteiger partial charge in [-0.3, -0.25) is 0 Å². The fourth-order valence-corrected chi connectivity index (χ4v) is 2.00. The minimum atomic E-state index is 0.527. The van der Waals surface area contributed by atoms with Gasteiger partial charge in [-0.25, -0.2) is 0 Å². The van der Waals surface area contributed by atoms with E-state index in [-0.39, 0.29) is 0 Å². The Morgan fingerprint density at radius 2 is 2.10 bits per heavy atom. The SMILES string of the molecule is CCOc1ccc2ccccc2c1C=[NH+]NC(=S)NC. The van der Waals surface area contributed by atoms with Crippen molar-refractivity contribution in [2.45, 2.75) is 6.92 Å². The van der Waals surface area contributed by atoms with E-state index in [0.29, 0.717) is 11.7 Å². The minimum Gasteiger partial charge on any atom is -0.493 e. The molecular formula is C15H18N3OS+. The molecule has 0 aliphatic rings. The van der Waals surface area contributed by atoms with Crippen LogP contribution in [0.3, 0.4) is 0 Å². The second-order valence-electron chi connectivity index (χ2n) is 4.12. The van der Waals surface area contributed by atoms with E-state index in [0.717, 1.165) is 16.7 Å². The molecule has 0 aromatic heterocycles. The highest BCUT2D eigenvalue weighted by atomic mass is 32.1. The van der Waals surface area contributed by atoms with E-state index < -0.39 is 0 Å². The molecule has 4 nitrogen and oxygen atoms in total. The first-order chi connectivity index (χ1) is 9.76. The summed E-state index contributed by atoms with van der Waals surface area (Å²) in [6.07, 6.45) is 1.86. The first-order valence-electron chi connectivity index (χ1n) is 6.47. The number of hydrogen-bond donors (Lipinski definition) is 3. The number of fused-ring (bicyclic) bond motifs is 1. The van der Waals surface area contributed by atoms with Crippen molar-refractivity contribution in [3.63, 3.8) is 0 Å². The molecule has 0 radical (unpaired) electrons. The largest absolute Gasteiger partial charge is 0.493 e. The molecule has 0 aliphatic carbocycles. The summed E-state index contributed by atoms with van der Waals surface area (Å²) >= 11 is 5.01. The second-order valence-corrected chi connectivity index (χ2v) is 4.53. The van der Waals surface area contributed by atoms with Crippen molar-refractivity contribution in [1.82, 2.24) is 10.7 Å². The standard InChI is InChI=1S/C15H17N3OS/c1-3-19-14-9-8-11-6-4-5-7-12(11)13(14)10-17-18-15(20)16-2/h4-10H,3H2,1-2H3,(H2,16,18,20)/p+1. The van der Waals surface area contributed by atoms with Crippen LogP contribution >= 0.6 is 12.2 Å². The molecule has 5 heteroatoms. The third kappa shape index (κ3) is 3.24. The van der Waals surface area contributed by atoms with Crippen LogP contribution < -0.4 is 20.6 Å². The van der Waals surface area contributed by atoms with Crippen LogP contribution in [0.25, 0.3) is 10.8 Å². The van der Waals surface area contributed by atoms with E-state index in [4.69, 9.17) is 17.0 Å². The third-order valence-corrected chi connectivity index (χ3v) is 3.17. The summed E-state index contributed by atoms with van der Waals surface area (Å²) in [5.41, 5.74) is 3.87. The van der Waals surface area contributed by atoms with Gasteiger partial charge in [0.1, 0.15) is 5.75 Å². The Labute approximate surface area is 123 Å². The van der Waals surface area contributed by atoms with Gasteiger partial charge in [0.15, 0.2) is 0 Å². The topological polar surface area (TPSA) is 47.3 Å². The van der Waals surface area contributed by atoms with Gasteiger partial charge in [0.25, 0.3) is 0 Å². The van der Waals surface area contributed by atoms with Crippen LogP contribution in [0.15, 0.2) is 36.4 Å². The first kappa shape index (κ1) is 14.3. The van der Waals surface area contributed by atoms with Gasteiger partial charge >= 0.3 is 0 Å². The quantitative estimate of drug-likeness (QED) is 0.441. The summed E-state index contributed by atoms with van der Waals surface area (Å²) < 4.78 is 5.68. The summed E-state index contributed by atoms with van der Waals surface area (Å²) in [7, 11) is 1.76. The van der Waals surface area contributed by atoms with E-state index >= 15 is 0 Å². The van der Waals surface area contributed by atoms with Crippen molar-refractivity contribution in [3.8, 4) is 5.75 Å². The van der Waals surface area contributed by atoms with E-state index in [1.165, 1.54) is 5.39 Å². The molecule has 0 unspecified atom stereocenters. The fraction of sp³-hybridized carbons (Fsp3) is 0.200. The van der Waals surface area contributed by atoms with Crippen molar-refractivity contribution in [3.05, 3.63) is 42.0 Å². The van der Waals surface area contributed by atoms with Crippen LogP contribution in [0, 0.1) is 0 Å². The van der Waals surface area contributed by atoms with E-state index in [9.17, 15) is 0 Å². The second kappa shape index (κ2) is 6.86. The molecule has 0 fully saturated rings. The predicted octanol–water partition coefficient (Wildman–Crippen LogP) is 0.747. The Morgan fingerprint density at radius 3 is 2.85 bits per heavy atom. The zero-order valence-corrected chi connectivity index (χ0v) is 12.4. The van der Waals surface area contributed by atoms with E-state index in [1.54, 1.807) is 7.05 Å². The maximum Gasteiger partial charge on any atom is 0.223 e. The van der Waals surface area contributed by atoms with Crippen LogP contribution in [0.5, 0.6) is 5.75 Å². The fourth-order valence-electron chi connectivity index (χ4n) is 1.94. The Bertz CT molecular complexity index is 640. The number of hydrazone groups is 1. The monoisotopic (exact) mass is 288 g/mol. The van der Waals surface area contributed by atoms with E-state index in [1.807, 2.05) is 31.3 Å². The zero-order valence-electron chi connectivity index (χ0n) is 11.6. The minimum absolute atomic E-state index is 0.527.